The number of benzene rings is 1. The Morgan fingerprint density at radius 3 is 2.33 bits per heavy atom. The second-order valence-corrected chi connectivity index (χ2v) is 6.20. The summed E-state index contributed by atoms with van der Waals surface area (Å²) in [4.78, 5) is 11.5. The largest absolute Gasteiger partial charge is 0.444 e. The number of ether oxygens (including phenoxy) is 1. The van der Waals surface area contributed by atoms with Crippen LogP contribution >= 0.6 is 0 Å². The maximum Gasteiger partial charge on any atom is 0.407 e. The summed E-state index contributed by atoms with van der Waals surface area (Å²) in [6.45, 7) is 11.1. The van der Waals surface area contributed by atoms with Gasteiger partial charge in [-0.2, -0.15) is 0 Å². The highest BCUT2D eigenvalue weighted by molar-refractivity contribution is 5.67. The standard InChI is InChI=1S/C17H28N2O2/c1-6-14-7-9-15(10-8-14)13(2)18-11-12-19-16(20)21-17(3,4)5/h7-10,13,18H,6,11-12H2,1-5H3,(H,19,20). The Kier molecular flexibility index (Phi) is 6.69. The SMILES string of the molecule is CCc1ccc(C(C)NCCNC(=O)OC(C)(C)C)cc1. The van der Waals surface area contributed by atoms with Gasteiger partial charge in [-0.15, -0.1) is 0 Å². The average molecular weight is 292 g/mol. The highest BCUT2D eigenvalue weighted by atomic mass is 16.6. The predicted molar refractivity (Wildman–Crippen MR) is 86.5 cm³/mol. The lowest BCUT2D eigenvalue weighted by molar-refractivity contribution is 0.0528. The van der Waals surface area contributed by atoms with E-state index in [0.29, 0.717) is 13.1 Å². The number of carbonyl (C=O) groups excluding carboxylic acids is 1. The molecule has 1 unspecified atom stereocenters. The fraction of sp³-hybridized carbons (Fsp3) is 0.588. The van der Waals surface area contributed by atoms with Crippen LogP contribution in [0.15, 0.2) is 24.3 Å². The van der Waals surface area contributed by atoms with Crippen molar-refractivity contribution < 1.29 is 9.53 Å². The molecule has 21 heavy (non-hydrogen) atoms. The number of nitrogens with one attached hydrogen (secondary N) is 2. The van der Waals surface area contributed by atoms with Gasteiger partial charge in [0.05, 0.1) is 0 Å². The first-order chi connectivity index (χ1) is 9.81. The third-order valence-corrected chi connectivity index (χ3v) is 3.13. The normalized spacial score (nSPS) is 12.8. The van der Waals surface area contributed by atoms with E-state index < -0.39 is 5.60 Å². The van der Waals surface area contributed by atoms with Crippen LogP contribution in [-0.4, -0.2) is 24.8 Å². The average Bonchev–Trinajstić information content (AvgIpc) is 2.41. The van der Waals surface area contributed by atoms with E-state index in [1.54, 1.807) is 0 Å². The van der Waals surface area contributed by atoms with Crippen molar-refractivity contribution in [2.75, 3.05) is 13.1 Å². The molecule has 2 N–H and O–H groups in total. The Balaban J connectivity index is 2.27. The summed E-state index contributed by atoms with van der Waals surface area (Å²) in [5.41, 5.74) is 2.15. The Morgan fingerprint density at radius 1 is 1.19 bits per heavy atom. The van der Waals surface area contributed by atoms with E-state index in [0.717, 1.165) is 6.42 Å². The maximum absolute atomic E-state index is 11.5. The van der Waals surface area contributed by atoms with Gasteiger partial charge >= 0.3 is 6.09 Å². The summed E-state index contributed by atoms with van der Waals surface area (Å²) in [5, 5.41) is 6.12. The van der Waals surface area contributed by atoms with Crippen LogP contribution in [0.4, 0.5) is 4.79 Å². The van der Waals surface area contributed by atoms with Gasteiger partial charge in [0, 0.05) is 19.1 Å². The van der Waals surface area contributed by atoms with E-state index in [9.17, 15) is 4.79 Å². The Bertz CT molecular complexity index is 435. The molecule has 0 saturated carbocycles. The molecule has 4 heteroatoms. The Hall–Kier alpha value is -1.55. The third kappa shape index (κ3) is 7.14. The van der Waals surface area contributed by atoms with Crippen molar-refractivity contribution in [3.05, 3.63) is 35.4 Å². The summed E-state index contributed by atoms with van der Waals surface area (Å²) in [6.07, 6.45) is 0.686. The molecule has 1 amide bonds. The monoisotopic (exact) mass is 292 g/mol. The molecule has 4 nitrogen and oxygen atoms in total. The quantitative estimate of drug-likeness (QED) is 0.790. The van der Waals surface area contributed by atoms with Gasteiger partial charge in [0.1, 0.15) is 5.60 Å². The van der Waals surface area contributed by atoms with E-state index in [1.807, 2.05) is 20.8 Å². The van der Waals surface area contributed by atoms with E-state index in [1.165, 1.54) is 11.1 Å². The predicted octanol–water partition coefficient (Wildman–Crippen LogP) is 3.42. The molecule has 1 rings (SSSR count). The molecule has 0 saturated heterocycles. The highest BCUT2D eigenvalue weighted by Crippen LogP contribution is 2.13. The third-order valence-electron chi connectivity index (χ3n) is 3.13. The van der Waals surface area contributed by atoms with Crippen LogP contribution in [0.2, 0.25) is 0 Å². The maximum atomic E-state index is 11.5. The van der Waals surface area contributed by atoms with Crippen LogP contribution in [-0.2, 0) is 11.2 Å². The fourth-order valence-corrected chi connectivity index (χ4v) is 1.93. The number of hydrogen-bond donors (Lipinski definition) is 2. The molecular formula is C17H28N2O2. The molecule has 0 bridgehead atoms. The molecule has 0 aliphatic rings. The van der Waals surface area contributed by atoms with Crippen LogP contribution < -0.4 is 10.6 Å². The molecule has 0 aliphatic heterocycles. The summed E-state index contributed by atoms with van der Waals surface area (Å²) in [6, 6.07) is 8.88. The Labute approximate surface area is 128 Å². The number of aryl methyl sites for hydroxylation is 1. The number of alkyl carbamates (subject to hydrolysis) is 1. The molecule has 118 valence electrons. The smallest absolute Gasteiger partial charge is 0.407 e. The minimum atomic E-state index is -0.453. The number of amides is 1. The van der Waals surface area contributed by atoms with Crippen LogP contribution in [0, 0.1) is 0 Å². The van der Waals surface area contributed by atoms with Crippen molar-refractivity contribution in [3.8, 4) is 0 Å². The van der Waals surface area contributed by atoms with Crippen LogP contribution in [0.25, 0.3) is 0 Å². The lowest BCUT2D eigenvalue weighted by atomic mass is 10.1. The van der Waals surface area contributed by atoms with Crippen LogP contribution in [0.5, 0.6) is 0 Å². The summed E-state index contributed by atoms with van der Waals surface area (Å²) in [5.74, 6) is 0. The van der Waals surface area contributed by atoms with Crippen molar-refractivity contribution in [2.45, 2.75) is 52.7 Å². The zero-order chi connectivity index (χ0) is 15.9. The van der Waals surface area contributed by atoms with Gasteiger partial charge in [-0.25, -0.2) is 4.79 Å². The van der Waals surface area contributed by atoms with E-state index in [4.69, 9.17) is 4.74 Å². The first kappa shape index (κ1) is 17.5. The molecule has 1 atom stereocenters. The summed E-state index contributed by atoms with van der Waals surface area (Å²) < 4.78 is 5.18. The molecular weight excluding hydrogens is 264 g/mol. The first-order valence-electron chi connectivity index (χ1n) is 7.61. The molecule has 0 spiro atoms. The van der Waals surface area contributed by atoms with Crippen molar-refractivity contribution >= 4 is 6.09 Å². The number of carbonyl (C=O) groups is 1. The van der Waals surface area contributed by atoms with Gasteiger partial charge in [-0.3, -0.25) is 0 Å². The lowest BCUT2D eigenvalue weighted by Crippen LogP contribution is -2.36. The molecule has 1 aromatic carbocycles. The zero-order valence-corrected chi connectivity index (χ0v) is 13.8. The summed E-state index contributed by atoms with van der Waals surface area (Å²) in [7, 11) is 0. The van der Waals surface area contributed by atoms with Gasteiger partial charge in [0.25, 0.3) is 0 Å². The van der Waals surface area contributed by atoms with Gasteiger partial charge in [-0.1, -0.05) is 31.2 Å². The highest BCUT2D eigenvalue weighted by Gasteiger charge is 2.15. The molecule has 0 aliphatic carbocycles. The van der Waals surface area contributed by atoms with E-state index in [2.05, 4.69) is 48.7 Å². The minimum Gasteiger partial charge on any atom is -0.444 e. The van der Waals surface area contributed by atoms with Crippen LogP contribution in [0.3, 0.4) is 0 Å². The van der Waals surface area contributed by atoms with Crippen molar-refractivity contribution in [2.24, 2.45) is 0 Å². The van der Waals surface area contributed by atoms with Crippen molar-refractivity contribution in [1.82, 2.24) is 10.6 Å². The molecule has 0 fully saturated rings. The molecule has 0 aromatic heterocycles. The van der Waals surface area contributed by atoms with Gasteiger partial charge in [-0.05, 0) is 45.2 Å². The second-order valence-electron chi connectivity index (χ2n) is 6.20. The first-order valence-corrected chi connectivity index (χ1v) is 7.61. The number of hydrogen-bond acceptors (Lipinski definition) is 3. The van der Waals surface area contributed by atoms with Gasteiger partial charge in [0.15, 0.2) is 0 Å². The zero-order valence-electron chi connectivity index (χ0n) is 13.8. The van der Waals surface area contributed by atoms with Gasteiger partial charge in [0.2, 0.25) is 0 Å². The van der Waals surface area contributed by atoms with Gasteiger partial charge < -0.3 is 15.4 Å². The van der Waals surface area contributed by atoms with Crippen LogP contribution in [0.1, 0.15) is 51.8 Å². The fourth-order valence-electron chi connectivity index (χ4n) is 1.93. The summed E-state index contributed by atoms with van der Waals surface area (Å²) >= 11 is 0. The minimum absolute atomic E-state index is 0.261. The Morgan fingerprint density at radius 2 is 1.81 bits per heavy atom. The number of rotatable bonds is 6. The van der Waals surface area contributed by atoms with E-state index in [-0.39, 0.29) is 12.1 Å². The molecule has 1 aromatic rings. The molecule has 0 heterocycles. The lowest BCUT2D eigenvalue weighted by Gasteiger charge is -2.20. The molecule has 0 radical (unpaired) electrons. The van der Waals surface area contributed by atoms with Crippen molar-refractivity contribution in [3.63, 3.8) is 0 Å². The second kappa shape index (κ2) is 8.03. The van der Waals surface area contributed by atoms with Crippen molar-refractivity contribution in [1.29, 1.82) is 0 Å². The topological polar surface area (TPSA) is 50.4 Å². The van der Waals surface area contributed by atoms with E-state index >= 15 is 0 Å².